The zero-order valence-corrected chi connectivity index (χ0v) is 14.8. The molecule has 25 heavy (non-hydrogen) atoms. The molecule has 0 aliphatic carbocycles. The number of imidazole rings is 1. The lowest BCUT2D eigenvalue weighted by Gasteiger charge is -2.07. The van der Waals surface area contributed by atoms with Crippen LogP contribution in [0, 0.1) is 25.2 Å². The van der Waals surface area contributed by atoms with Gasteiger partial charge in [-0.1, -0.05) is 18.2 Å². The molecule has 1 aromatic carbocycles. The number of nitriles is 1. The smallest absolute Gasteiger partial charge is 0.195 e. The predicted molar refractivity (Wildman–Crippen MR) is 101 cm³/mol. The van der Waals surface area contributed by atoms with Crippen LogP contribution in [0.25, 0.3) is 27.6 Å². The summed E-state index contributed by atoms with van der Waals surface area (Å²) in [5.41, 5.74) is 7.22. The van der Waals surface area contributed by atoms with Gasteiger partial charge in [0, 0.05) is 11.6 Å². The second-order valence-corrected chi connectivity index (χ2v) is 6.83. The molecule has 0 aliphatic heterocycles. The Kier molecular flexibility index (Phi) is 3.83. The topological polar surface area (TPSA) is 54.0 Å². The maximum absolute atomic E-state index is 9.34. The summed E-state index contributed by atoms with van der Waals surface area (Å²) >= 11 is 1.59. The van der Waals surface area contributed by atoms with Gasteiger partial charge < -0.3 is 0 Å². The van der Waals surface area contributed by atoms with Crippen molar-refractivity contribution in [1.82, 2.24) is 14.4 Å². The first-order chi connectivity index (χ1) is 12.2. The van der Waals surface area contributed by atoms with Crippen molar-refractivity contribution >= 4 is 16.3 Å². The molecular weight excluding hydrogens is 328 g/mol. The monoisotopic (exact) mass is 344 g/mol. The summed E-state index contributed by atoms with van der Waals surface area (Å²) in [5.74, 6) is 0. The van der Waals surface area contributed by atoms with Gasteiger partial charge in [0.1, 0.15) is 5.69 Å². The van der Waals surface area contributed by atoms with E-state index in [1.165, 1.54) is 11.1 Å². The predicted octanol–water partition coefficient (Wildman–Crippen LogP) is 4.81. The van der Waals surface area contributed by atoms with Gasteiger partial charge >= 0.3 is 0 Å². The van der Waals surface area contributed by atoms with Crippen molar-refractivity contribution in [2.75, 3.05) is 0 Å². The SMILES string of the molecule is Cc1ccc(-c2csc3nc(-c4ccccn4)c(CC#N)n23)cc1C. The Morgan fingerprint density at radius 1 is 1.16 bits per heavy atom. The second kappa shape index (κ2) is 6.15. The standard InChI is InChI=1S/C20H16N4S/c1-13-6-7-15(11-14(13)2)18-12-25-20-23-19(16-5-3-4-10-22-16)17(8-9-21)24(18)20/h3-7,10-12H,8H2,1-2H3. The third-order valence-corrected chi connectivity index (χ3v) is 5.24. The van der Waals surface area contributed by atoms with Gasteiger partial charge in [0.25, 0.3) is 0 Å². The molecule has 0 amide bonds. The fourth-order valence-corrected chi connectivity index (χ4v) is 3.88. The summed E-state index contributed by atoms with van der Waals surface area (Å²) in [6, 6.07) is 14.5. The van der Waals surface area contributed by atoms with Crippen molar-refractivity contribution in [2.24, 2.45) is 0 Å². The first kappa shape index (κ1) is 15.6. The zero-order valence-electron chi connectivity index (χ0n) is 14.0. The molecular formula is C20H16N4S. The van der Waals surface area contributed by atoms with Gasteiger partial charge in [-0.2, -0.15) is 5.26 Å². The fourth-order valence-electron chi connectivity index (χ4n) is 2.96. The second-order valence-electron chi connectivity index (χ2n) is 5.99. The van der Waals surface area contributed by atoms with Crippen molar-refractivity contribution in [3.05, 3.63) is 64.8 Å². The Morgan fingerprint density at radius 3 is 2.76 bits per heavy atom. The molecule has 0 atom stereocenters. The van der Waals surface area contributed by atoms with Crippen LogP contribution < -0.4 is 0 Å². The largest absolute Gasteiger partial charge is 0.285 e. The number of benzene rings is 1. The third kappa shape index (κ3) is 2.61. The molecule has 0 N–H and O–H groups in total. The lowest BCUT2D eigenvalue weighted by molar-refractivity contribution is 1.07. The molecule has 3 aromatic heterocycles. The van der Waals surface area contributed by atoms with Gasteiger partial charge in [-0.3, -0.25) is 9.38 Å². The van der Waals surface area contributed by atoms with Gasteiger partial charge in [-0.15, -0.1) is 11.3 Å². The Bertz CT molecular complexity index is 1100. The first-order valence-corrected chi connectivity index (χ1v) is 8.92. The number of rotatable bonds is 3. The van der Waals surface area contributed by atoms with Crippen molar-refractivity contribution in [3.63, 3.8) is 0 Å². The first-order valence-electron chi connectivity index (χ1n) is 8.04. The minimum absolute atomic E-state index is 0.293. The lowest BCUT2D eigenvalue weighted by atomic mass is 10.0. The number of fused-ring (bicyclic) bond motifs is 1. The Hall–Kier alpha value is -2.97. The van der Waals surface area contributed by atoms with Crippen LogP contribution in [0.3, 0.4) is 0 Å². The molecule has 0 saturated carbocycles. The molecule has 122 valence electrons. The molecule has 0 radical (unpaired) electrons. The van der Waals surface area contributed by atoms with Crippen molar-refractivity contribution in [3.8, 4) is 28.7 Å². The van der Waals surface area contributed by atoms with E-state index in [2.05, 4.69) is 52.9 Å². The van der Waals surface area contributed by atoms with Crippen LogP contribution >= 0.6 is 11.3 Å². The Morgan fingerprint density at radius 2 is 2.04 bits per heavy atom. The highest BCUT2D eigenvalue weighted by atomic mass is 32.1. The summed E-state index contributed by atoms with van der Waals surface area (Å²) in [5, 5.41) is 11.4. The molecule has 0 aliphatic rings. The molecule has 0 fully saturated rings. The number of hydrogen-bond donors (Lipinski definition) is 0. The highest BCUT2D eigenvalue weighted by Gasteiger charge is 2.19. The van der Waals surface area contributed by atoms with Crippen LogP contribution in [-0.4, -0.2) is 14.4 Å². The number of nitrogens with zero attached hydrogens (tertiary/aromatic N) is 4. The summed E-state index contributed by atoms with van der Waals surface area (Å²) in [6.07, 6.45) is 2.05. The van der Waals surface area contributed by atoms with E-state index >= 15 is 0 Å². The lowest BCUT2D eigenvalue weighted by Crippen LogP contribution is -1.96. The zero-order chi connectivity index (χ0) is 17.4. The van der Waals surface area contributed by atoms with E-state index in [9.17, 15) is 5.26 Å². The van der Waals surface area contributed by atoms with Crippen molar-refractivity contribution < 1.29 is 0 Å². The van der Waals surface area contributed by atoms with Crippen LogP contribution in [0.1, 0.15) is 16.8 Å². The van der Waals surface area contributed by atoms with E-state index < -0.39 is 0 Å². The van der Waals surface area contributed by atoms with E-state index in [0.717, 1.165) is 33.3 Å². The minimum Gasteiger partial charge on any atom is -0.285 e. The fraction of sp³-hybridized carbons (Fsp3) is 0.150. The van der Waals surface area contributed by atoms with E-state index in [4.69, 9.17) is 4.98 Å². The summed E-state index contributed by atoms with van der Waals surface area (Å²) < 4.78 is 2.10. The van der Waals surface area contributed by atoms with Gasteiger partial charge in [-0.25, -0.2) is 4.98 Å². The normalized spacial score (nSPS) is 10.9. The Labute approximate surface area is 150 Å². The Balaban J connectivity index is 1.97. The van der Waals surface area contributed by atoms with E-state index in [1.807, 2.05) is 18.2 Å². The van der Waals surface area contributed by atoms with Crippen LogP contribution in [-0.2, 0) is 6.42 Å². The molecule has 4 nitrogen and oxygen atoms in total. The van der Waals surface area contributed by atoms with Crippen LogP contribution in [0.4, 0.5) is 0 Å². The van der Waals surface area contributed by atoms with Gasteiger partial charge in [-0.05, 0) is 48.7 Å². The summed E-state index contributed by atoms with van der Waals surface area (Å²) in [4.78, 5) is 10.1. The van der Waals surface area contributed by atoms with E-state index in [0.29, 0.717) is 6.42 Å². The average molecular weight is 344 g/mol. The van der Waals surface area contributed by atoms with Gasteiger partial charge in [0.2, 0.25) is 0 Å². The molecule has 0 unspecified atom stereocenters. The molecule has 0 bridgehead atoms. The maximum Gasteiger partial charge on any atom is 0.195 e. The average Bonchev–Trinajstić information content (AvgIpc) is 3.19. The number of aryl methyl sites for hydroxylation is 2. The number of aromatic nitrogens is 3. The van der Waals surface area contributed by atoms with E-state index in [-0.39, 0.29) is 0 Å². The van der Waals surface area contributed by atoms with Crippen LogP contribution in [0.15, 0.2) is 48.0 Å². The highest BCUT2D eigenvalue weighted by Crippen LogP contribution is 2.33. The molecule has 4 rings (SSSR count). The molecule has 5 heteroatoms. The van der Waals surface area contributed by atoms with E-state index in [1.54, 1.807) is 17.5 Å². The third-order valence-electron chi connectivity index (χ3n) is 4.42. The van der Waals surface area contributed by atoms with Crippen LogP contribution in [0.2, 0.25) is 0 Å². The molecule has 0 spiro atoms. The number of hydrogen-bond acceptors (Lipinski definition) is 4. The quantitative estimate of drug-likeness (QED) is 0.536. The van der Waals surface area contributed by atoms with Gasteiger partial charge in [0.15, 0.2) is 4.96 Å². The minimum atomic E-state index is 0.293. The van der Waals surface area contributed by atoms with Gasteiger partial charge in [0.05, 0.1) is 29.6 Å². The molecule has 4 aromatic rings. The molecule has 0 saturated heterocycles. The van der Waals surface area contributed by atoms with Crippen molar-refractivity contribution in [2.45, 2.75) is 20.3 Å². The van der Waals surface area contributed by atoms with Crippen molar-refractivity contribution in [1.29, 1.82) is 5.26 Å². The highest BCUT2D eigenvalue weighted by molar-refractivity contribution is 7.15. The summed E-state index contributed by atoms with van der Waals surface area (Å²) in [6.45, 7) is 4.23. The number of pyridine rings is 1. The maximum atomic E-state index is 9.34. The number of thiazole rings is 1. The van der Waals surface area contributed by atoms with Crippen LogP contribution in [0.5, 0.6) is 0 Å². The summed E-state index contributed by atoms with van der Waals surface area (Å²) in [7, 11) is 0. The molecule has 3 heterocycles.